The summed E-state index contributed by atoms with van der Waals surface area (Å²) in [5, 5.41) is 9.40. The maximum atomic E-state index is 12.3. The number of aliphatic hydroxyl groups excluding tert-OH is 1. The third-order valence-electron chi connectivity index (χ3n) is 4.04. The minimum Gasteiger partial charge on any atom is -0.485 e. The topological polar surface area (TPSA) is 46.5 Å². The summed E-state index contributed by atoms with van der Waals surface area (Å²) in [5.41, 5.74) is 2.94. The largest absolute Gasteiger partial charge is 0.485 e. The van der Waals surface area contributed by atoms with Crippen molar-refractivity contribution < 1.29 is 14.6 Å². The summed E-state index contributed by atoms with van der Waals surface area (Å²) in [6, 6.07) is 11.6. The molecule has 0 aliphatic rings. The van der Waals surface area contributed by atoms with Crippen LogP contribution in [-0.4, -0.2) is 29.4 Å². The molecule has 0 amide bonds. The Hall–Kier alpha value is -2.04. The molecule has 0 saturated heterocycles. The van der Waals surface area contributed by atoms with Crippen LogP contribution in [0.4, 0.5) is 0 Å². The number of ether oxygens (including phenoxy) is 1. The molecule has 0 aliphatic carbocycles. The highest BCUT2D eigenvalue weighted by molar-refractivity contribution is 7.98. The van der Waals surface area contributed by atoms with Crippen molar-refractivity contribution in [2.45, 2.75) is 38.2 Å². The van der Waals surface area contributed by atoms with Crippen molar-refractivity contribution in [2.24, 2.45) is 0 Å². The molecule has 0 saturated carbocycles. The van der Waals surface area contributed by atoms with Crippen molar-refractivity contribution in [3.8, 4) is 5.75 Å². The van der Waals surface area contributed by atoms with Gasteiger partial charge in [-0.05, 0) is 93.1 Å². The van der Waals surface area contributed by atoms with Gasteiger partial charge in [-0.25, -0.2) is 0 Å². The zero-order valence-electron chi connectivity index (χ0n) is 16.0. The number of carbonyl (C=O) groups is 1. The summed E-state index contributed by atoms with van der Waals surface area (Å²) in [4.78, 5) is 13.5. The third kappa shape index (κ3) is 5.23. The molecule has 138 valence electrons. The van der Waals surface area contributed by atoms with Crippen LogP contribution in [0, 0.1) is 13.8 Å². The van der Waals surface area contributed by atoms with E-state index in [0.29, 0.717) is 5.56 Å². The van der Waals surface area contributed by atoms with E-state index in [2.05, 4.69) is 0 Å². The van der Waals surface area contributed by atoms with Crippen molar-refractivity contribution in [1.29, 1.82) is 0 Å². The molecule has 3 nitrogen and oxygen atoms in total. The van der Waals surface area contributed by atoms with Gasteiger partial charge in [0.05, 0.1) is 6.61 Å². The van der Waals surface area contributed by atoms with Gasteiger partial charge < -0.3 is 9.84 Å². The molecule has 0 spiro atoms. The molecule has 2 aromatic rings. The summed E-state index contributed by atoms with van der Waals surface area (Å²) in [7, 11) is 0. The molecular formula is C22H26O3S. The third-order valence-corrected chi connectivity index (χ3v) is 4.79. The molecule has 0 radical (unpaired) electrons. The molecule has 0 aromatic heterocycles. The minimum atomic E-state index is -0.633. The lowest BCUT2D eigenvalue weighted by molar-refractivity contribution is 0.0401. The van der Waals surface area contributed by atoms with Gasteiger partial charge >= 0.3 is 0 Å². The number of thioether (sulfide) groups is 1. The van der Waals surface area contributed by atoms with Gasteiger partial charge in [0, 0.05) is 10.5 Å². The second-order valence-corrected chi connectivity index (χ2v) is 7.81. The van der Waals surface area contributed by atoms with Gasteiger partial charge in [-0.2, -0.15) is 0 Å². The van der Waals surface area contributed by atoms with E-state index in [9.17, 15) is 9.90 Å². The molecule has 26 heavy (non-hydrogen) atoms. The Balaban J connectivity index is 2.18. The van der Waals surface area contributed by atoms with Crippen LogP contribution in [-0.2, 0) is 0 Å². The first-order valence-corrected chi connectivity index (χ1v) is 9.76. The fraction of sp³-hybridized carbons (Fsp3) is 0.318. The first-order chi connectivity index (χ1) is 12.3. The van der Waals surface area contributed by atoms with Crippen molar-refractivity contribution in [2.75, 3.05) is 12.9 Å². The van der Waals surface area contributed by atoms with Gasteiger partial charge in [-0.15, -0.1) is 11.8 Å². The highest BCUT2D eigenvalue weighted by Crippen LogP contribution is 2.29. The number of ketones is 1. The van der Waals surface area contributed by atoms with Crippen molar-refractivity contribution in [3.63, 3.8) is 0 Å². The Kier molecular flexibility index (Phi) is 6.68. The molecule has 0 atom stereocenters. The first-order valence-electron chi connectivity index (χ1n) is 8.53. The van der Waals surface area contributed by atoms with Crippen LogP contribution in [0.2, 0.25) is 0 Å². The van der Waals surface area contributed by atoms with E-state index in [0.717, 1.165) is 27.3 Å². The predicted octanol–water partition coefficient (Wildman–Crippen LogP) is 5.07. The summed E-state index contributed by atoms with van der Waals surface area (Å²) in [5.74, 6) is 0.759. The Morgan fingerprint density at radius 3 is 2.23 bits per heavy atom. The van der Waals surface area contributed by atoms with Crippen LogP contribution in [0.15, 0.2) is 47.4 Å². The predicted molar refractivity (Wildman–Crippen MR) is 109 cm³/mol. The lowest BCUT2D eigenvalue weighted by Gasteiger charge is -2.26. The number of rotatable bonds is 7. The van der Waals surface area contributed by atoms with Crippen molar-refractivity contribution in [3.05, 3.63) is 64.7 Å². The van der Waals surface area contributed by atoms with Crippen LogP contribution in [0.3, 0.4) is 0 Å². The highest BCUT2D eigenvalue weighted by atomic mass is 32.2. The van der Waals surface area contributed by atoms with E-state index in [4.69, 9.17) is 4.74 Å². The van der Waals surface area contributed by atoms with Crippen molar-refractivity contribution >= 4 is 23.6 Å². The summed E-state index contributed by atoms with van der Waals surface area (Å²) in [6.45, 7) is 7.57. The van der Waals surface area contributed by atoms with E-state index >= 15 is 0 Å². The number of hydrogen-bond donors (Lipinski definition) is 1. The lowest BCUT2D eigenvalue weighted by Crippen LogP contribution is -2.33. The Bertz CT molecular complexity index is 782. The number of aliphatic hydroxyl groups is 1. The molecule has 1 N–H and O–H groups in total. The SMILES string of the molecule is CSc1ccc(C(=O)C=Cc2cc(C)c(OC(C)(C)CO)c(C)c2)cc1. The molecule has 0 aliphatic heterocycles. The monoisotopic (exact) mass is 370 g/mol. The second kappa shape index (κ2) is 8.56. The number of benzene rings is 2. The first kappa shape index (κ1) is 20.3. The average molecular weight is 371 g/mol. The maximum absolute atomic E-state index is 12.3. The van der Waals surface area contributed by atoms with Gasteiger partial charge in [0.1, 0.15) is 11.4 Å². The van der Waals surface area contributed by atoms with Crippen LogP contribution >= 0.6 is 11.8 Å². The highest BCUT2D eigenvalue weighted by Gasteiger charge is 2.20. The molecule has 0 bridgehead atoms. The quantitative estimate of drug-likeness (QED) is 0.420. The van der Waals surface area contributed by atoms with E-state index in [1.807, 2.05) is 76.4 Å². The zero-order chi connectivity index (χ0) is 19.3. The van der Waals surface area contributed by atoms with Crippen LogP contribution in [0.5, 0.6) is 5.75 Å². The molecular weight excluding hydrogens is 344 g/mol. The molecule has 0 unspecified atom stereocenters. The van der Waals surface area contributed by atoms with Crippen LogP contribution in [0.1, 0.15) is 40.9 Å². The molecule has 0 fully saturated rings. The van der Waals surface area contributed by atoms with E-state index in [1.54, 1.807) is 17.8 Å². The Morgan fingerprint density at radius 1 is 1.15 bits per heavy atom. The fourth-order valence-corrected chi connectivity index (χ4v) is 2.98. The summed E-state index contributed by atoms with van der Waals surface area (Å²) < 4.78 is 5.94. The van der Waals surface area contributed by atoms with Gasteiger partial charge in [-0.1, -0.05) is 6.08 Å². The maximum Gasteiger partial charge on any atom is 0.185 e. The van der Waals surface area contributed by atoms with E-state index in [1.165, 1.54) is 0 Å². The molecule has 0 heterocycles. The Morgan fingerprint density at radius 2 is 1.73 bits per heavy atom. The Labute approximate surface area is 160 Å². The van der Waals surface area contributed by atoms with Gasteiger partial charge in [-0.3, -0.25) is 4.79 Å². The fourth-order valence-electron chi connectivity index (χ4n) is 2.57. The van der Waals surface area contributed by atoms with E-state index < -0.39 is 5.60 Å². The van der Waals surface area contributed by atoms with Crippen LogP contribution in [0.25, 0.3) is 6.08 Å². The number of allylic oxidation sites excluding steroid dienone is 1. The average Bonchev–Trinajstić information content (AvgIpc) is 2.63. The smallest absolute Gasteiger partial charge is 0.185 e. The van der Waals surface area contributed by atoms with Crippen LogP contribution < -0.4 is 4.74 Å². The molecule has 2 rings (SSSR count). The van der Waals surface area contributed by atoms with Crippen molar-refractivity contribution in [1.82, 2.24) is 0 Å². The number of aryl methyl sites for hydroxylation is 2. The molecule has 4 heteroatoms. The van der Waals surface area contributed by atoms with Gasteiger partial charge in [0.15, 0.2) is 5.78 Å². The van der Waals surface area contributed by atoms with Gasteiger partial charge in [0.2, 0.25) is 0 Å². The summed E-state index contributed by atoms with van der Waals surface area (Å²) in [6.07, 6.45) is 5.43. The van der Waals surface area contributed by atoms with E-state index in [-0.39, 0.29) is 12.4 Å². The minimum absolute atomic E-state index is 0.0188. The number of hydrogen-bond acceptors (Lipinski definition) is 4. The lowest BCUT2D eigenvalue weighted by atomic mass is 10.0. The number of carbonyl (C=O) groups excluding carboxylic acids is 1. The standard InChI is InChI=1S/C22H26O3S/c1-15-12-17(13-16(2)21(15)25-22(3,4)14-23)6-11-20(24)18-7-9-19(26-5)10-8-18/h6-13,23H,14H2,1-5H3. The molecule has 2 aromatic carbocycles. The zero-order valence-corrected chi connectivity index (χ0v) is 16.8. The second-order valence-electron chi connectivity index (χ2n) is 6.93. The van der Waals surface area contributed by atoms with Gasteiger partial charge in [0.25, 0.3) is 0 Å². The summed E-state index contributed by atoms with van der Waals surface area (Å²) >= 11 is 1.65. The normalized spacial score (nSPS) is 11.8.